The molecule has 20 heavy (non-hydrogen) atoms. The van der Waals surface area contributed by atoms with Gasteiger partial charge in [-0.2, -0.15) is 4.98 Å². The zero-order chi connectivity index (χ0) is 14.1. The molecule has 0 amide bonds. The molecule has 0 saturated heterocycles. The van der Waals surface area contributed by atoms with E-state index >= 15 is 0 Å². The van der Waals surface area contributed by atoms with E-state index in [9.17, 15) is 4.79 Å². The molecule has 5 nitrogen and oxygen atoms in total. The zero-order valence-corrected chi connectivity index (χ0v) is 11.4. The molecule has 3 aromatic rings. The van der Waals surface area contributed by atoms with Crippen LogP contribution in [-0.4, -0.2) is 15.0 Å². The summed E-state index contributed by atoms with van der Waals surface area (Å²) in [6.07, 6.45) is 3.02. The Bertz CT molecular complexity index is 848. The summed E-state index contributed by atoms with van der Waals surface area (Å²) in [5, 5.41) is 1.22. The Kier molecular flexibility index (Phi) is 3.30. The normalized spacial score (nSPS) is 10.7. The van der Waals surface area contributed by atoms with E-state index in [0.29, 0.717) is 26.7 Å². The van der Waals surface area contributed by atoms with E-state index < -0.39 is 0 Å². The third kappa shape index (κ3) is 2.45. The number of halogens is 2. The minimum absolute atomic E-state index is 0.0638. The number of H-pyrrole nitrogens is 1. The van der Waals surface area contributed by atoms with E-state index in [2.05, 4.69) is 15.0 Å². The summed E-state index contributed by atoms with van der Waals surface area (Å²) < 4.78 is 5.47. The van der Waals surface area contributed by atoms with Crippen LogP contribution in [-0.2, 0) is 0 Å². The first-order chi connectivity index (χ1) is 9.63. The van der Waals surface area contributed by atoms with Crippen LogP contribution < -0.4 is 10.3 Å². The maximum absolute atomic E-state index is 11.9. The highest BCUT2D eigenvalue weighted by atomic mass is 35.5. The fourth-order valence-electron chi connectivity index (χ4n) is 1.67. The number of benzene rings is 1. The lowest BCUT2D eigenvalue weighted by atomic mass is 10.3. The Morgan fingerprint density at radius 1 is 1.15 bits per heavy atom. The zero-order valence-electron chi connectivity index (χ0n) is 9.93. The van der Waals surface area contributed by atoms with Gasteiger partial charge in [-0.15, -0.1) is 0 Å². The number of ether oxygens (including phenoxy) is 1. The van der Waals surface area contributed by atoms with Crippen molar-refractivity contribution < 1.29 is 4.74 Å². The van der Waals surface area contributed by atoms with Crippen molar-refractivity contribution in [2.75, 3.05) is 0 Å². The van der Waals surface area contributed by atoms with Gasteiger partial charge in [-0.05, 0) is 18.2 Å². The summed E-state index contributed by atoms with van der Waals surface area (Å²) in [5.74, 6) is 0.422. The number of fused-ring (bicyclic) bond motifs is 1. The van der Waals surface area contributed by atoms with Crippen LogP contribution in [0, 0.1) is 0 Å². The van der Waals surface area contributed by atoms with Crippen molar-refractivity contribution in [3.05, 3.63) is 57.1 Å². The van der Waals surface area contributed by atoms with Gasteiger partial charge in [-0.1, -0.05) is 23.2 Å². The van der Waals surface area contributed by atoms with Gasteiger partial charge in [0.2, 0.25) is 0 Å². The Labute approximate surface area is 123 Å². The van der Waals surface area contributed by atoms with Crippen LogP contribution >= 0.6 is 23.2 Å². The number of nitrogens with one attached hydrogen (secondary N) is 1. The molecule has 1 N–H and O–H groups in total. The lowest BCUT2D eigenvalue weighted by Crippen LogP contribution is -2.09. The topological polar surface area (TPSA) is 67.9 Å². The monoisotopic (exact) mass is 307 g/mol. The molecule has 100 valence electrons. The van der Waals surface area contributed by atoms with E-state index in [-0.39, 0.29) is 11.6 Å². The smallest absolute Gasteiger partial charge is 0.302 e. The molecule has 0 atom stereocenters. The fourth-order valence-corrected chi connectivity index (χ4v) is 1.96. The molecule has 0 aliphatic heterocycles. The Hall–Kier alpha value is -2.11. The van der Waals surface area contributed by atoms with E-state index in [1.807, 2.05) is 0 Å². The molecule has 3 rings (SSSR count). The maximum Gasteiger partial charge on any atom is 0.302 e. The van der Waals surface area contributed by atoms with Gasteiger partial charge < -0.3 is 4.74 Å². The molecule has 0 saturated carbocycles. The highest BCUT2D eigenvalue weighted by molar-refractivity contribution is 6.42. The van der Waals surface area contributed by atoms with Crippen LogP contribution in [0.1, 0.15) is 0 Å². The second-order valence-corrected chi connectivity index (χ2v) is 4.76. The van der Waals surface area contributed by atoms with Gasteiger partial charge in [-0.3, -0.25) is 14.8 Å². The molecule has 0 spiro atoms. The van der Waals surface area contributed by atoms with Crippen LogP contribution in [0.5, 0.6) is 11.8 Å². The van der Waals surface area contributed by atoms with Crippen molar-refractivity contribution in [3.8, 4) is 11.8 Å². The third-order valence-corrected chi connectivity index (χ3v) is 3.33. The van der Waals surface area contributed by atoms with Gasteiger partial charge in [0.15, 0.2) is 0 Å². The number of aromatic amines is 1. The average molecular weight is 308 g/mol. The predicted octanol–water partition coefficient (Wildman–Crippen LogP) is 3.42. The van der Waals surface area contributed by atoms with Crippen molar-refractivity contribution in [3.63, 3.8) is 0 Å². The van der Waals surface area contributed by atoms with Crippen molar-refractivity contribution >= 4 is 34.1 Å². The summed E-state index contributed by atoms with van der Waals surface area (Å²) in [5.41, 5.74) is 0.152. The number of pyridine rings is 1. The maximum atomic E-state index is 11.9. The molecule has 0 aliphatic carbocycles. The molecule has 0 aliphatic rings. The Morgan fingerprint density at radius 2 is 2.00 bits per heavy atom. The fraction of sp³-hybridized carbons (Fsp3) is 0. The predicted molar refractivity (Wildman–Crippen MR) is 76.7 cm³/mol. The number of aromatic nitrogens is 3. The number of nitrogens with zero attached hydrogens (tertiary/aromatic N) is 2. The van der Waals surface area contributed by atoms with Crippen LogP contribution in [0.15, 0.2) is 41.5 Å². The summed E-state index contributed by atoms with van der Waals surface area (Å²) in [4.78, 5) is 22.5. The van der Waals surface area contributed by atoms with Crippen molar-refractivity contribution in [2.24, 2.45) is 0 Å². The molecule has 0 fully saturated rings. The second-order valence-electron chi connectivity index (χ2n) is 3.94. The number of hydrogen-bond donors (Lipinski definition) is 1. The molecular formula is C13H7Cl2N3O2. The standard InChI is InChI=1S/C13H7Cl2N3O2/c14-9-2-1-7(5-10(9)15)20-13-17-11-6-16-4-3-8(11)12(19)18-13/h1-6H,(H,17,18,19). The van der Waals surface area contributed by atoms with Gasteiger partial charge in [0.25, 0.3) is 5.56 Å². The lowest BCUT2D eigenvalue weighted by Gasteiger charge is -2.06. The summed E-state index contributed by atoms with van der Waals surface area (Å²) in [6.45, 7) is 0. The summed E-state index contributed by atoms with van der Waals surface area (Å²) >= 11 is 11.7. The van der Waals surface area contributed by atoms with Crippen LogP contribution in [0.2, 0.25) is 10.0 Å². The van der Waals surface area contributed by atoms with E-state index in [4.69, 9.17) is 27.9 Å². The molecule has 1 aromatic carbocycles. The van der Waals surface area contributed by atoms with Crippen molar-refractivity contribution in [1.29, 1.82) is 0 Å². The average Bonchev–Trinajstić information content (AvgIpc) is 2.43. The molecule has 0 unspecified atom stereocenters. The molecule has 7 heteroatoms. The molecule has 0 radical (unpaired) electrons. The lowest BCUT2D eigenvalue weighted by molar-refractivity contribution is 0.443. The van der Waals surface area contributed by atoms with Gasteiger partial charge >= 0.3 is 6.01 Å². The van der Waals surface area contributed by atoms with E-state index in [1.54, 1.807) is 18.2 Å². The van der Waals surface area contributed by atoms with Crippen LogP contribution in [0.3, 0.4) is 0 Å². The van der Waals surface area contributed by atoms with Gasteiger partial charge in [0, 0.05) is 12.3 Å². The van der Waals surface area contributed by atoms with Gasteiger partial charge in [0.05, 0.1) is 27.1 Å². The van der Waals surface area contributed by atoms with Crippen molar-refractivity contribution in [1.82, 2.24) is 15.0 Å². The minimum Gasteiger partial charge on any atom is -0.426 e. The summed E-state index contributed by atoms with van der Waals surface area (Å²) in [6, 6.07) is 6.41. The largest absolute Gasteiger partial charge is 0.426 e. The second kappa shape index (κ2) is 5.11. The quantitative estimate of drug-likeness (QED) is 0.787. The first-order valence-corrected chi connectivity index (χ1v) is 6.36. The minimum atomic E-state index is -0.299. The highest BCUT2D eigenvalue weighted by Crippen LogP contribution is 2.28. The Morgan fingerprint density at radius 3 is 2.80 bits per heavy atom. The SMILES string of the molecule is O=c1[nH]c(Oc2ccc(Cl)c(Cl)c2)nc2cnccc12. The first-order valence-electron chi connectivity index (χ1n) is 5.60. The van der Waals surface area contributed by atoms with Crippen molar-refractivity contribution in [2.45, 2.75) is 0 Å². The van der Waals surface area contributed by atoms with Crippen LogP contribution in [0.4, 0.5) is 0 Å². The molecule has 2 aromatic heterocycles. The Balaban J connectivity index is 2.02. The summed E-state index contributed by atoms with van der Waals surface area (Å²) in [7, 11) is 0. The molecule has 2 heterocycles. The van der Waals surface area contributed by atoms with Crippen LogP contribution in [0.25, 0.3) is 10.9 Å². The molecular weight excluding hydrogens is 301 g/mol. The highest BCUT2D eigenvalue weighted by Gasteiger charge is 2.07. The first kappa shape index (κ1) is 12.9. The van der Waals surface area contributed by atoms with E-state index in [0.717, 1.165) is 0 Å². The van der Waals surface area contributed by atoms with E-state index in [1.165, 1.54) is 18.5 Å². The van der Waals surface area contributed by atoms with Gasteiger partial charge in [-0.25, -0.2) is 0 Å². The third-order valence-electron chi connectivity index (χ3n) is 2.59. The number of hydrogen-bond acceptors (Lipinski definition) is 4. The molecule has 0 bridgehead atoms. The number of rotatable bonds is 2. The van der Waals surface area contributed by atoms with Gasteiger partial charge in [0.1, 0.15) is 5.75 Å².